The van der Waals surface area contributed by atoms with Crippen LogP contribution in [-0.4, -0.2) is 29.1 Å². The number of methoxy groups -OCH3 is 2. The second-order valence-corrected chi connectivity index (χ2v) is 7.14. The van der Waals surface area contributed by atoms with Crippen molar-refractivity contribution < 1.29 is 14.4 Å². The summed E-state index contributed by atoms with van der Waals surface area (Å²) in [5, 5.41) is 37.3. The molecule has 0 radical (unpaired) electrons. The number of hydrogen-bond acceptors (Lipinski definition) is 11. The smallest absolute Gasteiger partial charge is 0.320 e. The van der Waals surface area contributed by atoms with Crippen molar-refractivity contribution in [3.05, 3.63) is 63.8 Å². The van der Waals surface area contributed by atoms with Gasteiger partial charge in [-0.3, -0.25) is 10.1 Å². The predicted octanol–water partition coefficient (Wildman–Crippen LogP) is 4.20. The highest BCUT2D eigenvalue weighted by Gasteiger charge is 2.18. The lowest BCUT2D eigenvalue weighted by molar-refractivity contribution is -0.388. The summed E-state index contributed by atoms with van der Waals surface area (Å²) in [6.07, 6.45) is 1.03. The lowest BCUT2D eigenvalue weighted by Gasteiger charge is -2.15. The van der Waals surface area contributed by atoms with Gasteiger partial charge in [-0.2, -0.15) is 15.5 Å². The Balaban J connectivity index is 1.89. The van der Waals surface area contributed by atoms with E-state index in [0.717, 1.165) is 11.8 Å². The third-order valence-electron chi connectivity index (χ3n) is 4.43. The average Bonchev–Trinajstić information content (AvgIpc) is 2.83. The Hall–Kier alpha value is -4.55. The van der Waals surface area contributed by atoms with Crippen LogP contribution in [0.2, 0.25) is 0 Å². The highest BCUT2D eigenvalue weighted by Crippen LogP contribution is 2.31. The zero-order chi connectivity index (χ0) is 23.8. The van der Waals surface area contributed by atoms with Crippen molar-refractivity contribution in [1.29, 1.82) is 10.5 Å². The van der Waals surface area contributed by atoms with Crippen LogP contribution in [0, 0.1) is 32.1 Å². The molecule has 0 saturated heterocycles. The first-order chi connectivity index (χ1) is 16.0. The fraction of sp³-hybridized carbons (Fsp3) is 0.143. The maximum Gasteiger partial charge on any atom is 0.320 e. The number of ether oxygens (including phenoxy) is 2. The number of nitro groups is 1. The number of rotatable bonds is 9. The normalized spacial score (nSPS) is 9.94. The van der Waals surface area contributed by atoms with Gasteiger partial charge in [0.15, 0.2) is 5.03 Å². The zero-order valence-electron chi connectivity index (χ0n) is 17.5. The zero-order valence-corrected chi connectivity index (χ0v) is 18.3. The topological polar surface area (TPSA) is 159 Å². The van der Waals surface area contributed by atoms with Crippen LogP contribution in [0.1, 0.15) is 11.1 Å². The molecule has 0 atom stereocenters. The van der Waals surface area contributed by atoms with Crippen LogP contribution in [0.15, 0.2) is 47.6 Å². The summed E-state index contributed by atoms with van der Waals surface area (Å²) in [5.41, 5.74) is 1.99. The van der Waals surface area contributed by atoms with Crippen molar-refractivity contribution in [2.45, 2.75) is 11.6 Å². The molecule has 0 aliphatic rings. The molecule has 1 aromatic heterocycles. The Morgan fingerprint density at radius 2 is 1.97 bits per heavy atom. The number of thioether (sulfide) groups is 1. The van der Waals surface area contributed by atoms with Crippen molar-refractivity contribution in [3.63, 3.8) is 0 Å². The summed E-state index contributed by atoms with van der Waals surface area (Å²) in [6, 6.07) is 12.5. The quantitative estimate of drug-likeness (QED) is 0.154. The summed E-state index contributed by atoms with van der Waals surface area (Å²) in [4.78, 5) is 18.5. The third kappa shape index (κ3) is 5.58. The minimum atomic E-state index is -0.658. The summed E-state index contributed by atoms with van der Waals surface area (Å²) in [5.74, 6) is 1.35. The number of aromatic nitrogens is 2. The molecule has 11 nitrogen and oxygen atoms in total. The van der Waals surface area contributed by atoms with Crippen LogP contribution in [0.25, 0.3) is 0 Å². The summed E-state index contributed by atoms with van der Waals surface area (Å²) >= 11 is 0.562. The largest absolute Gasteiger partial charge is 0.497 e. The van der Waals surface area contributed by atoms with Gasteiger partial charge in [-0.15, -0.1) is 0 Å². The number of nitrogens with one attached hydrogen (secondary N) is 2. The lowest BCUT2D eigenvalue weighted by Crippen LogP contribution is -2.06. The number of nitriles is 2. The van der Waals surface area contributed by atoms with E-state index in [2.05, 4.69) is 26.7 Å². The fourth-order valence-electron chi connectivity index (χ4n) is 2.84. The molecule has 2 aromatic carbocycles. The van der Waals surface area contributed by atoms with Gasteiger partial charge in [-0.05, 0) is 30.3 Å². The Morgan fingerprint density at radius 1 is 1.15 bits per heavy atom. The highest BCUT2D eigenvalue weighted by atomic mass is 32.2. The predicted molar refractivity (Wildman–Crippen MR) is 121 cm³/mol. The van der Waals surface area contributed by atoms with Gasteiger partial charge in [-0.1, -0.05) is 0 Å². The average molecular weight is 463 g/mol. The number of nitrogens with zero attached hydrogens (tertiary/aromatic N) is 5. The maximum atomic E-state index is 11.1. The molecular weight excluding hydrogens is 446 g/mol. The molecule has 0 saturated carbocycles. The van der Waals surface area contributed by atoms with E-state index in [0.29, 0.717) is 46.7 Å². The molecule has 0 fully saturated rings. The molecule has 0 unspecified atom stereocenters. The van der Waals surface area contributed by atoms with Gasteiger partial charge in [0, 0.05) is 29.9 Å². The molecule has 33 heavy (non-hydrogen) atoms. The first-order valence-corrected chi connectivity index (χ1v) is 10.1. The van der Waals surface area contributed by atoms with Crippen molar-refractivity contribution >= 4 is 34.8 Å². The third-order valence-corrected chi connectivity index (χ3v) is 5.02. The van der Waals surface area contributed by atoms with E-state index >= 15 is 0 Å². The highest BCUT2D eigenvalue weighted by molar-refractivity contribution is 8.03. The van der Waals surface area contributed by atoms with Crippen LogP contribution < -0.4 is 20.1 Å². The molecule has 3 rings (SSSR count). The molecule has 0 spiro atoms. The number of thiocyanates is 1. The van der Waals surface area contributed by atoms with Crippen LogP contribution in [0.5, 0.6) is 11.5 Å². The number of hydrogen-bond donors (Lipinski definition) is 2. The van der Waals surface area contributed by atoms with Crippen LogP contribution in [0.3, 0.4) is 0 Å². The molecule has 1 heterocycles. The van der Waals surface area contributed by atoms with Gasteiger partial charge in [0.05, 0.1) is 42.2 Å². The van der Waals surface area contributed by atoms with E-state index in [4.69, 9.17) is 14.7 Å². The van der Waals surface area contributed by atoms with E-state index < -0.39 is 4.92 Å². The van der Waals surface area contributed by atoms with Gasteiger partial charge in [-0.25, -0.2) is 4.98 Å². The minimum absolute atomic E-state index is 0.0403. The van der Waals surface area contributed by atoms with Crippen molar-refractivity contribution in [1.82, 2.24) is 9.97 Å². The SMILES string of the molecule is COc1ccc(CNc2ccc(C#N)cc2Nc2ncc([N+](=O)[O-])c(SC#N)n2)c(OC)c1. The van der Waals surface area contributed by atoms with Crippen LogP contribution in [0.4, 0.5) is 23.0 Å². The Bertz CT molecular complexity index is 1270. The first kappa shape index (κ1) is 23.1. The van der Waals surface area contributed by atoms with Crippen molar-refractivity contribution in [2.75, 3.05) is 24.9 Å². The molecule has 12 heteroatoms. The Morgan fingerprint density at radius 3 is 2.64 bits per heavy atom. The second-order valence-electron chi connectivity index (χ2n) is 6.36. The molecule has 0 amide bonds. The Labute approximate surface area is 193 Å². The number of benzene rings is 2. The molecule has 3 aromatic rings. The summed E-state index contributed by atoms with van der Waals surface area (Å²) in [6.45, 7) is 0.393. The number of anilines is 3. The van der Waals surface area contributed by atoms with E-state index in [1.165, 1.54) is 0 Å². The van der Waals surface area contributed by atoms with Crippen molar-refractivity contribution in [3.8, 4) is 23.0 Å². The molecule has 166 valence electrons. The van der Waals surface area contributed by atoms with Gasteiger partial charge >= 0.3 is 5.69 Å². The van der Waals surface area contributed by atoms with Gasteiger partial charge in [0.2, 0.25) is 5.95 Å². The van der Waals surface area contributed by atoms with E-state index in [1.807, 2.05) is 12.1 Å². The fourth-order valence-corrected chi connectivity index (χ4v) is 3.29. The minimum Gasteiger partial charge on any atom is -0.497 e. The molecular formula is C21H17N7O4S. The molecule has 0 bridgehead atoms. The lowest BCUT2D eigenvalue weighted by atomic mass is 10.1. The van der Waals surface area contributed by atoms with Crippen LogP contribution in [-0.2, 0) is 6.54 Å². The van der Waals surface area contributed by atoms with E-state index in [-0.39, 0.29) is 16.7 Å². The van der Waals surface area contributed by atoms with Gasteiger partial charge < -0.3 is 20.1 Å². The van der Waals surface area contributed by atoms with Gasteiger partial charge in [0.25, 0.3) is 0 Å². The standard InChI is InChI=1S/C21H17N7O4S/c1-31-15-5-4-14(19(8-15)32-2)10-24-16-6-3-13(9-22)7-17(16)26-21-25-11-18(28(29)30)20(27-21)33-12-23/h3-8,11,24H,10H2,1-2H3,(H,25,26,27). The Kier molecular flexibility index (Phi) is 7.47. The second kappa shape index (κ2) is 10.7. The van der Waals surface area contributed by atoms with Crippen LogP contribution >= 0.6 is 11.8 Å². The molecule has 0 aliphatic heterocycles. The first-order valence-electron chi connectivity index (χ1n) is 9.32. The summed E-state index contributed by atoms with van der Waals surface area (Å²) < 4.78 is 10.6. The summed E-state index contributed by atoms with van der Waals surface area (Å²) in [7, 11) is 3.14. The molecule has 0 aliphatic carbocycles. The molecule has 2 N–H and O–H groups in total. The van der Waals surface area contributed by atoms with Crippen molar-refractivity contribution in [2.24, 2.45) is 0 Å². The van der Waals surface area contributed by atoms with Gasteiger partial charge in [0.1, 0.15) is 23.1 Å². The monoisotopic (exact) mass is 463 g/mol. The maximum absolute atomic E-state index is 11.1. The van der Waals surface area contributed by atoms with E-state index in [1.54, 1.807) is 43.9 Å². The van der Waals surface area contributed by atoms with E-state index in [9.17, 15) is 15.4 Å².